The fourth-order valence-electron chi connectivity index (χ4n) is 2.76. The van der Waals surface area contributed by atoms with Gasteiger partial charge in [-0.05, 0) is 49.1 Å². The third-order valence-electron chi connectivity index (χ3n) is 4.09. The van der Waals surface area contributed by atoms with Crippen LogP contribution in [0.5, 0.6) is 0 Å². The lowest BCUT2D eigenvalue weighted by molar-refractivity contribution is 0.0696. The monoisotopic (exact) mass is 364 g/mol. The molecule has 2 aromatic carbocycles. The molecular formula is C20H20N4O3. The number of benzene rings is 2. The Morgan fingerprint density at radius 1 is 1.15 bits per heavy atom. The Balaban J connectivity index is 1.90. The summed E-state index contributed by atoms with van der Waals surface area (Å²) in [4.78, 5) is 27.3. The highest BCUT2D eigenvalue weighted by molar-refractivity contribution is 5.98. The van der Waals surface area contributed by atoms with Crippen molar-refractivity contribution in [3.05, 3.63) is 59.8 Å². The van der Waals surface area contributed by atoms with Crippen molar-refractivity contribution in [3.8, 4) is 0 Å². The summed E-state index contributed by atoms with van der Waals surface area (Å²) < 4.78 is 0. The molecule has 0 bridgehead atoms. The molecule has 0 fully saturated rings. The lowest BCUT2D eigenvalue weighted by Gasteiger charge is -2.12. The summed E-state index contributed by atoms with van der Waals surface area (Å²) in [6, 6.07) is 12.4. The molecule has 0 radical (unpaired) electrons. The number of anilines is 3. The van der Waals surface area contributed by atoms with Gasteiger partial charge >= 0.3 is 12.0 Å². The van der Waals surface area contributed by atoms with Crippen molar-refractivity contribution in [1.82, 2.24) is 10.3 Å². The van der Waals surface area contributed by atoms with Gasteiger partial charge in [-0.1, -0.05) is 18.2 Å². The van der Waals surface area contributed by atoms with Crippen LogP contribution in [0.25, 0.3) is 10.8 Å². The van der Waals surface area contributed by atoms with Crippen LogP contribution < -0.4 is 16.0 Å². The maximum atomic E-state index is 11.6. The molecular weight excluding hydrogens is 344 g/mol. The molecule has 0 unspecified atom stereocenters. The van der Waals surface area contributed by atoms with Crippen LogP contribution in [-0.2, 0) is 0 Å². The van der Waals surface area contributed by atoms with Gasteiger partial charge in [-0.2, -0.15) is 0 Å². The van der Waals surface area contributed by atoms with E-state index in [1.807, 2.05) is 31.2 Å². The number of aryl methyl sites for hydroxylation is 1. The standard InChI is InChI=1S/C20H20N4O3/c1-3-21-20(27)24-18-9-13-5-4-6-17(16(13)11-22-18)23-14-8-7-12(2)15(10-14)19(25)26/h4-11,23H,3H2,1-2H3,(H,25,26)(H2,21,22,24,27). The Bertz CT molecular complexity index is 1020. The number of pyridine rings is 1. The molecule has 27 heavy (non-hydrogen) atoms. The number of carboxylic acids is 1. The molecule has 0 aliphatic heterocycles. The van der Waals surface area contributed by atoms with Crippen molar-refractivity contribution >= 4 is 40.0 Å². The number of carbonyl (C=O) groups excluding carboxylic acids is 1. The Hall–Kier alpha value is -3.61. The van der Waals surface area contributed by atoms with Gasteiger partial charge < -0.3 is 15.7 Å². The van der Waals surface area contributed by atoms with Crippen molar-refractivity contribution in [2.75, 3.05) is 17.2 Å². The first-order chi connectivity index (χ1) is 13.0. The minimum absolute atomic E-state index is 0.256. The topological polar surface area (TPSA) is 103 Å². The molecule has 138 valence electrons. The predicted octanol–water partition coefficient (Wildman–Crippen LogP) is 4.13. The number of hydrogen-bond donors (Lipinski definition) is 4. The minimum Gasteiger partial charge on any atom is -0.478 e. The van der Waals surface area contributed by atoms with Gasteiger partial charge in [-0.3, -0.25) is 5.32 Å². The molecule has 0 aliphatic rings. The highest BCUT2D eigenvalue weighted by Gasteiger charge is 2.10. The van der Waals surface area contributed by atoms with Gasteiger partial charge in [0.05, 0.1) is 5.56 Å². The lowest BCUT2D eigenvalue weighted by Crippen LogP contribution is -2.28. The minimum atomic E-state index is -0.961. The maximum absolute atomic E-state index is 11.6. The zero-order valence-corrected chi connectivity index (χ0v) is 15.0. The van der Waals surface area contributed by atoms with Gasteiger partial charge in [-0.15, -0.1) is 0 Å². The second-order valence-corrected chi connectivity index (χ2v) is 6.04. The summed E-state index contributed by atoms with van der Waals surface area (Å²) in [5.74, 6) is -0.508. The Labute approximate surface area is 156 Å². The first-order valence-corrected chi connectivity index (χ1v) is 8.52. The van der Waals surface area contributed by atoms with E-state index in [0.29, 0.717) is 23.6 Å². The van der Waals surface area contributed by atoms with Gasteiger partial charge in [-0.25, -0.2) is 14.6 Å². The van der Waals surface area contributed by atoms with Crippen LogP contribution in [0.15, 0.2) is 48.7 Å². The molecule has 0 saturated carbocycles. The zero-order chi connectivity index (χ0) is 19.4. The van der Waals surface area contributed by atoms with Crippen LogP contribution in [0.3, 0.4) is 0 Å². The van der Waals surface area contributed by atoms with E-state index in [2.05, 4.69) is 20.9 Å². The zero-order valence-electron chi connectivity index (χ0n) is 15.0. The van der Waals surface area contributed by atoms with Crippen LogP contribution in [-0.4, -0.2) is 28.6 Å². The van der Waals surface area contributed by atoms with Crippen LogP contribution >= 0.6 is 0 Å². The molecule has 0 spiro atoms. The average Bonchev–Trinajstić information content (AvgIpc) is 2.63. The van der Waals surface area contributed by atoms with Crippen LogP contribution in [0.1, 0.15) is 22.8 Å². The van der Waals surface area contributed by atoms with Crippen molar-refractivity contribution in [1.29, 1.82) is 0 Å². The molecule has 0 saturated heterocycles. The van der Waals surface area contributed by atoms with E-state index in [-0.39, 0.29) is 11.6 Å². The summed E-state index contributed by atoms with van der Waals surface area (Å²) in [5.41, 5.74) is 2.43. The molecule has 7 heteroatoms. The Morgan fingerprint density at radius 3 is 2.70 bits per heavy atom. The molecule has 1 aromatic heterocycles. The SMILES string of the molecule is CCNC(=O)Nc1cc2cccc(Nc3ccc(C)c(C(=O)O)c3)c2cn1. The van der Waals surface area contributed by atoms with Crippen molar-refractivity contribution in [2.45, 2.75) is 13.8 Å². The highest BCUT2D eigenvalue weighted by Crippen LogP contribution is 2.28. The van der Waals surface area contributed by atoms with E-state index in [4.69, 9.17) is 0 Å². The van der Waals surface area contributed by atoms with E-state index >= 15 is 0 Å². The number of hydrogen-bond acceptors (Lipinski definition) is 4. The van der Waals surface area contributed by atoms with Crippen molar-refractivity contribution < 1.29 is 14.7 Å². The molecule has 3 aromatic rings. The second-order valence-electron chi connectivity index (χ2n) is 6.04. The van der Waals surface area contributed by atoms with E-state index in [9.17, 15) is 14.7 Å². The lowest BCUT2D eigenvalue weighted by atomic mass is 10.1. The first-order valence-electron chi connectivity index (χ1n) is 8.52. The second kappa shape index (κ2) is 7.74. The Kier molecular flexibility index (Phi) is 5.21. The fraction of sp³-hybridized carbons (Fsp3) is 0.150. The summed E-state index contributed by atoms with van der Waals surface area (Å²) in [7, 11) is 0. The number of urea groups is 1. The number of nitrogens with zero attached hydrogens (tertiary/aromatic N) is 1. The molecule has 2 amide bonds. The predicted molar refractivity (Wildman–Crippen MR) is 106 cm³/mol. The van der Waals surface area contributed by atoms with Gasteiger partial charge in [0.2, 0.25) is 0 Å². The first kappa shape index (κ1) is 18.2. The van der Waals surface area contributed by atoms with Crippen molar-refractivity contribution in [2.24, 2.45) is 0 Å². The summed E-state index contributed by atoms with van der Waals surface area (Å²) in [6.07, 6.45) is 1.67. The molecule has 3 rings (SSSR count). The molecule has 4 N–H and O–H groups in total. The highest BCUT2D eigenvalue weighted by atomic mass is 16.4. The number of aromatic nitrogens is 1. The number of carboxylic acid groups (broad SMARTS) is 1. The van der Waals surface area contributed by atoms with E-state index in [1.54, 1.807) is 31.3 Å². The molecule has 7 nitrogen and oxygen atoms in total. The van der Waals surface area contributed by atoms with Gasteiger partial charge in [0, 0.05) is 29.5 Å². The number of amides is 2. The van der Waals surface area contributed by atoms with Gasteiger partial charge in [0.1, 0.15) is 5.82 Å². The Morgan fingerprint density at radius 2 is 1.96 bits per heavy atom. The maximum Gasteiger partial charge on any atom is 0.336 e. The quantitative estimate of drug-likeness (QED) is 0.545. The summed E-state index contributed by atoms with van der Waals surface area (Å²) >= 11 is 0. The van der Waals surface area contributed by atoms with Gasteiger partial charge in [0.15, 0.2) is 0 Å². The number of fused-ring (bicyclic) bond motifs is 1. The number of carbonyl (C=O) groups is 2. The van der Waals surface area contributed by atoms with Crippen molar-refractivity contribution in [3.63, 3.8) is 0 Å². The number of aromatic carboxylic acids is 1. The fourth-order valence-corrected chi connectivity index (χ4v) is 2.76. The smallest absolute Gasteiger partial charge is 0.336 e. The number of nitrogens with one attached hydrogen (secondary N) is 3. The van der Waals surface area contributed by atoms with E-state index in [1.165, 1.54) is 0 Å². The largest absolute Gasteiger partial charge is 0.478 e. The molecule has 0 aliphatic carbocycles. The van der Waals surface area contributed by atoms with Gasteiger partial charge in [0.25, 0.3) is 0 Å². The van der Waals surface area contributed by atoms with E-state index < -0.39 is 5.97 Å². The molecule has 0 atom stereocenters. The summed E-state index contributed by atoms with van der Waals surface area (Å²) in [5, 5.41) is 19.6. The third-order valence-corrected chi connectivity index (χ3v) is 4.09. The summed E-state index contributed by atoms with van der Waals surface area (Å²) in [6.45, 7) is 4.13. The molecule has 1 heterocycles. The van der Waals surface area contributed by atoms with E-state index in [0.717, 1.165) is 16.5 Å². The third kappa shape index (κ3) is 4.14. The average molecular weight is 364 g/mol. The van der Waals surface area contributed by atoms with Crippen LogP contribution in [0.2, 0.25) is 0 Å². The van der Waals surface area contributed by atoms with Crippen LogP contribution in [0, 0.1) is 6.92 Å². The number of rotatable bonds is 5. The normalized spacial score (nSPS) is 10.4. The van der Waals surface area contributed by atoms with Crippen LogP contribution in [0.4, 0.5) is 22.0 Å².